The van der Waals surface area contributed by atoms with Gasteiger partial charge < -0.3 is 9.84 Å². The third kappa shape index (κ3) is 4.00. The van der Waals surface area contributed by atoms with Crippen LogP contribution in [0.4, 0.5) is 4.79 Å². The number of carbonyl (C=O) groups excluding carboxylic acids is 2. The lowest BCUT2D eigenvalue weighted by atomic mass is 9.97. The smallest absolute Gasteiger partial charge is 0.410 e. The van der Waals surface area contributed by atoms with Crippen molar-refractivity contribution in [2.75, 3.05) is 6.54 Å². The Morgan fingerprint density at radius 3 is 2.41 bits per heavy atom. The molecule has 5 heteroatoms. The van der Waals surface area contributed by atoms with Gasteiger partial charge in [-0.3, -0.25) is 9.69 Å². The predicted octanol–water partition coefficient (Wildman–Crippen LogP) is 1.34. The van der Waals surface area contributed by atoms with E-state index in [1.807, 2.05) is 0 Å². The van der Waals surface area contributed by atoms with E-state index in [2.05, 4.69) is 0 Å². The number of Topliss-reactive ketones (excluding diaryl/α,β-unsaturated/α-hetero) is 1. The highest BCUT2D eigenvalue weighted by Gasteiger charge is 2.35. The molecule has 1 unspecified atom stereocenters. The standard InChI is InChI=1S/C12H21NO4/c1-8(14)10-7-9(15)5-6-13(10)11(16)17-12(2,3)4/h9-10,15H,5-7H2,1-4H3/t9-,10?/m1/s1. The molecule has 17 heavy (non-hydrogen) atoms. The van der Waals surface area contributed by atoms with Gasteiger partial charge in [0.1, 0.15) is 5.60 Å². The quantitative estimate of drug-likeness (QED) is 0.754. The summed E-state index contributed by atoms with van der Waals surface area (Å²) in [4.78, 5) is 24.8. The van der Waals surface area contributed by atoms with Gasteiger partial charge in [-0.1, -0.05) is 0 Å². The van der Waals surface area contributed by atoms with Crippen LogP contribution in [-0.4, -0.2) is 46.2 Å². The molecule has 0 saturated carbocycles. The number of ether oxygens (including phenoxy) is 1. The van der Waals surface area contributed by atoms with E-state index >= 15 is 0 Å². The summed E-state index contributed by atoms with van der Waals surface area (Å²) in [6, 6.07) is -0.561. The molecule has 0 aromatic rings. The zero-order valence-corrected chi connectivity index (χ0v) is 10.9. The molecule has 1 aliphatic rings. The van der Waals surface area contributed by atoms with Crippen LogP contribution in [0.1, 0.15) is 40.5 Å². The third-order valence-corrected chi connectivity index (χ3v) is 2.67. The van der Waals surface area contributed by atoms with Gasteiger partial charge in [0.15, 0.2) is 5.78 Å². The van der Waals surface area contributed by atoms with Crippen LogP contribution in [0.5, 0.6) is 0 Å². The highest BCUT2D eigenvalue weighted by Crippen LogP contribution is 2.21. The summed E-state index contributed by atoms with van der Waals surface area (Å²) in [6.45, 7) is 7.14. The van der Waals surface area contributed by atoms with Crippen molar-refractivity contribution in [1.29, 1.82) is 0 Å². The van der Waals surface area contributed by atoms with Crippen molar-refractivity contribution in [1.82, 2.24) is 4.90 Å². The number of nitrogens with zero attached hydrogens (tertiary/aromatic N) is 1. The topological polar surface area (TPSA) is 66.8 Å². The number of likely N-dealkylation sites (tertiary alicyclic amines) is 1. The van der Waals surface area contributed by atoms with Crippen LogP contribution >= 0.6 is 0 Å². The van der Waals surface area contributed by atoms with Gasteiger partial charge >= 0.3 is 6.09 Å². The molecule has 0 bridgehead atoms. The molecule has 1 saturated heterocycles. The molecule has 0 spiro atoms. The first-order chi connectivity index (χ1) is 7.70. The van der Waals surface area contributed by atoms with Crippen LogP contribution in [0.25, 0.3) is 0 Å². The van der Waals surface area contributed by atoms with Crippen molar-refractivity contribution in [3.05, 3.63) is 0 Å². The second-order valence-electron chi connectivity index (χ2n) is 5.48. The van der Waals surface area contributed by atoms with Crippen molar-refractivity contribution in [2.45, 2.75) is 58.3 Å². The fourth-order valence-electron chi connectivity index (χ4n) is 1.87. The lowest BCUT2D eigenvalue weighted by molar-refractivity contribution is -0.125. The molecular weight excluding hydrogens is 222 g/mol. The number of aliphatic hydroxyl groups excluding tert-OH is 1. The Morgan fingerprint density at radius 1 is 1.35 bits per heavy atom. The number of hydrogen-bond acceptors (Lipinski definition) is 4. The second-order valence-corrected chi connectivity index (χ2v) is 5.48. The summed E-state index contributed by atoms with van der Waals surface area (Å²) in [5.74, 6) is -0.116. The summed E-state index contributed by atoms with van der Waals surface area (Å²) in [6.07, 6.45) is -0.204. The Kier molecular flexibility index (Phi) is 4.14. The molecule has 5 nitrogen and oxygen atoms in total. The second kappa shape index (κ2) is 5.04. The maximum atomic E-state index is 11.9. The Morgan fingerprint density at radius 2 is 1.94 bits per heavy atom. The Balaban J connectivity index is 2.73. The zero-order valence-electron chi connectivity index (χ0n) is 10.9. The van der Waals surface area contributed by atoms with Gasteiger partial charge in [0.05, 0.1) is 12.1 Å². The maximum Gasteiger partial charge on any atom is 0.410 e. The molecule has 98 valence electrons. The van der Waals surface area contributed by atoms with Gasteiger partial charge in [-0.05, 0) is 34.1 Å². The molecule has 2 atom stereocenters. The minimum absolute atomic E-state index is 0.116. The van der Waals surface area contributed by atoms with E-state index in [9.17, 15) is 14.7 Å². The van der Waals surface area contributed by atoms with Gasteiger partial charge in [0.25, 0.3) is 0 Å². The van der Waals surface area contributed by atoms with Crippen molar-refractivity contribution in [3.8, 4) is 0 Å². The number of amides is 1. The first-order valence-corrected chi connectivity index (χ1v) is 5.89. The molecule has 1 N–H and O–H groups in total. The predicted molar refractivity (Wildman–Crippen MR) is 62.6 cm³/mol. The van der Waals surface area contributed by atoms with E-state index in [-0.39, 0.29) is 5.78 Å². The number of rotatable bonds is 1. The van der Waals surface area contributed by atoms with Crippen molar-refractivity contribution in [3.63, 3.8) is 0 Å². The van der Waals surface area contributed by atoms with E-state index in [0.717, 1.165) is 0 Å². The molecular formula is C12H21NO4. The number of piperidine rings is 1. The molecule has 1 amide bonds. The number of hydrogen-bond donors (Lipinski definition) is 1. The molecule has 0 radical (unpaired) electrons. The fourth-order valence-corrected chi connectivity index (χ4v) is 1.87. The molecule has 0 aliphatic carbocycles. The Hall–Kier alpha value is -1.10. The maximum absolute atomic E-state index is 11.9. The largest absolute Gasteiger partial charge is 0.444 e. The zero-order chi connectivity index (χ0) is 13.2. The molecule has 1 aliphatic heterocycles. The summed E-state index contributed by atoms with van der Waals surface area (Å²) in [5, 5.41) is 9.53. The Bertz CT molecular complexity index is 308. The van der Waals surface area contributed by atoms with E-state index < -0.39 is 23.8 Å². The van der Waals surface area contributed by atoms with E-state index in [4.69, 9.17) is 4.74 Å². The van der Waals surface area contributed by atoms with Crippen LogP contribution in [0.2, 0.25) is 0 Å². The SMILES string of the molecule is CC(=O)C1C[C@H](O)CCN1C(=O)OC(C)(C)C. The first-order valence-electron chi connectivity index (χ1n) is 5.89. The minimum Gasteiger partial charge on any atom is -0.444 e. The highest BCUT2D eigenvalue weighted by atomic mass is 16.6. The number of carbonyl (C=O) groups is 2. The molecule has 1 rings (SSSR count). The molecule has 0 aromatic carbocycles. The average molecular weight is 243 g/mol. The molecule has 1 fully saturated rings. The van der Waals surface area contributed by atoms with Gasteiger partial charge in [-0.25, -0.2) is 4.79 Å². The van der Waals surface area contributed by atoms with Gasteiger partial charge in [0, 0.05) is 13.0 Å². The lowest BCUT2D eigenvalue weighted by Gasteiger charge is -2.37. The van der Waals surface area contributed by atoms with Gasteiger partial charge in [-0.2, -0.15) is 0 Å². The van der Waals surface area contributed by atoms with Crippen LogP contribution in [0, 0.1) is 0 Å². The van der Waals surface area contributed by atoms with Gasteiger partial charge in [0.2, 0.25) is 0 Å². The number of aliphatic hydroxyl groups is 1. The van der Waals surface area contributed by atoms with E-state index in [1.165, 1.54) is 11.8 Å². The van der Waals surface area contributed by atoms with Crippen molar-refractivity contribution in [2.24, 2.45) is 0 Å². The average Bonchev–Trinajstić information content (AvgIpc) is 2.14. The summed E-state index contributed by atoms with van der Waals surface area (Å²) < 4.78 is 5.25. The summed E-state index contributed by atoms with van der Waals surface area (Å²) >= 11 is 0. The summed E-state index contributed by atoms with van der Waals surface area (Å²) in [5.41, 5.74) is -0.575. The summed E-state index contributed by atoms with van der Waals surface area (Å²) in [7, 11) is 0. The van der Waals surface area contributed by atoms with Gasteiger partial charge in [-0.15, -0.1) is 0 Å². The highest BCUT2D eigenvalue weighted by molar-refractivity contribution is 5.85. The van der Waals surface area contributed by atoms with Crippen molar-refractivity contribution < 1.29 is 19.4 Å². The molecule has 1 heterocycles. The van der Waals surface area contributed by atoms with E-state index in [0.29, 0.717) is 19.4 Å². The lowest BCUT2D eigenvalue weighted by Crippen LogP contribution is -2.52. The fraction of sp³-hybridized carbons (Fsp3) is 0.833. The minimum atomic E-state index is -0.575. The Labute approximate surface area is 102 Å². The monoisotopic (exact) mass is 243 g/mol. The third-order valence-electron chi connectivity index (χ3n) is 2.67. The van der Waals surface area contributed by atoms with Crippen LogP contribution < -0.4 is 0 Å². The normalized spacial score (nSPS) is 25.6. The van der Waals surface area contributed by atoms with E-state index in [1.54, 1.807) is 20.8 Å². The van der Waals surface area contributed by atoms with Crippen molar-refractivity contribution >= 4 is 11.9 Å². The van der Waals surface area contributed by atoms with Crippen LogP contribution in [0.15, 0.2) is 0 Å². The van der Waals surface area contributed by atoms with Crippen LogP contribution in [0.3, 0.4) is 0 Å². The molecule has 0 aromatic heterocycles. The van der Waals surface area contributed by atoms with Crippen LogP contribution in [-0.2, 0) is 9.53 Å². The first kappa shape index (κ1) is 14.0. The number of ketones is 1.